The predicted octanol–water partition coefficient (Wildman–Crippen LogP) is 3.55. The molecule has 3 rings (SSSR count). The minimum Gasteiger partial charge on any atom is -0.357 e. The van der Waals surface area contributed by atoms with Crippen LogP contribution in [0.2, 0.25) is 0 Å². The minimum atomic E-state index is 0. The van der Waals surface area contributed by atoms with Crippen molar-refractivity contribution in [1.82, 2.24) is 24.9 Å². The van der Waals surface area contributed by atoms with Crippen molar-refractivity contribution in [1.29, 1.82) is 0 Å². The van der Waals surface area contributed by atoms with Gasteiger partial charge in [-0.2, -0.15) is 5.10 Å². The van der Waals surface area contributed by atoms with Gasteiger partial charge in [-0.1, -0.05) is 13.8 Å². The molecule has 6 nitrogen and oxygen atoms in total. The predicted molar refractivity (Wildman–Crippen MR) is 132 cm³/mol. The molecule has 1 aromatic heterocycles. The first-order valence-electron chi connectivity index (χ1n) is 11.0. The number of nitrogens with zero attached hydrogens (tertiary/aromatic N) is 5. The van der Waals surface area contributed by atoms with Gasteiger partial charge in [0.25, 0.3) is 0 Å². The lowest BCUT2D eigenvalue weighted by molar-refractivity contribution is 0.0511. The molecule has 0 saturated carbocycles. The molecule has 3 heterocycles. The molecule has 0 aromatic carbocycles. The Hall–Kier alpha value is -0.830. The van der Waals surface area contributed by atoms with E-state index >= 15 is 0 Å². The van der Waals surface area contributed by atoms with E-state index in [1.807, 2.05) is 17.9 Å². The van der Waals surface area contributed by atoms with Crippen LogP contribution in [0.5, 0.6) is 0 Å². The van der Waals surface area contributed by atoms with E-state index in [0.717, 1.165) is 44.0 Å². The van der Waals surface area contributed by atoms with E-state index in [2.05, 4.69) is 61.0 Å². The zero-order valence-corrected chi connectivity index (χ0v) is 21.5. The summed E-state index contributed by atoms with van der Waals surface area (Å²) in [5, 5.41) is 7.88. The van der Waals surface area contributed by atoms with Crippen molar-refractivity contribution in [3.05, 3.63) is 18.0 Å². The van der Waals surface area contributed by atoms with Gasteiger partial charge in [-0.05, 0) is 51.0 Å². The second kappa shape index (κ2) is 10.5. The van der Waals surface area contributed by atoms with Crippen molar-refractivity contribution < 1.29 is 0 Å². The molecule has 2 aliphatic heterocycles. The molecule has 1 aromatic rings. The molecule has 0 amide bonds. The first-order valence-corrected chi connectivity index (χ1v) is 11.0. The maximum absolute atomic E-state index is 5.09. The number of aromatic nitrogens is 2. The van der Waals surface area contributed by atoms with E-state index in [-0.39, 0.29) is 29.5 Å². The summed E-state index contributed by atoms with van der Waals surface area (Å²) in [7, 11) is 1.99. The van der Waals surface area contributed by atoms with Crippen LogP contribution in [-0.2, 0) is 7.05 Å². The number of likely N-dealkylation sites (tertiary alicyclic amines) is 2. The summed E-state index contributed by atoms with van der Waals surface area (Å²) in [6.07, 6.45) is 6.68. The van der Waals surface area contributed by atoms with Crippen LogP contribution in [-0.4, -0.2) is 70.3 Å². The molecule has 2 aliphatic rings. The molecular weight excluding hydrogens is 475 g/mol. The standard InChI is InChI=1S/C22H40N6.HI/c1-7-23-21(27-9-8-19(15-27)20-11-25-26(6)14-20)24-16-22(4,5)28-12-17(2)10-18(3)13-28;/h11,14,17-19H,7-10,12-13,15-16H2,1-6H3,(H,23,24);1H. The van der Waals surface area contributed by atoms with Gasteiger partial charge in [0.1, 0.15) is 0 Å². The highest BCUT2D eigenvalue weighted by atomic mass is 127. The fourth-order valence-electron chi connectivity index (χ4n) is 4.83. The van der Waals surface area contributed by atoms with E-state index in [0.29, 0.717) is 5.92 Å². The second-order valence-corrected chi connectivity index (χ2v) is 9.71. The fourth-order valence-corrected chi connectivity index (χ4v) is 4.83. The number of hydrogen-bond acceptors (Lipinski definition) is 3. The van der Waals surface area contributed by atoms with Crippen LogP contribution in [0.25, 0.3) is 0 Å². The number of halogens is 1. The Morgan fingerprint density at radius 2 is 1.93 bits per heavy atom. The average Bonchev–Trinajstić information content (AvgIpc) is 3.26. The first kappa shape index (κ1) is 24.4. The highest BCUT2D eigenvalue weighted by molar-refractivity contribution is 14.0. The van der Waals surface area contributed by atoms with E-state index in [1.165, 1.54) is 31.5 Å². The summed E-state index contributed by atoms with van der Waals surface area (Å²) in [6.45, 7) is 17.8. The highest BCUT2D eigenvalue weighted by Crippen LogP contribution is 2.29. The van der Waals surface area contributed by atoms with E-state index in [1.54, 1.807) is 0 Å². The maximum Gasteiger partial charge on any atom is 0.194 e. The number of hydrogen-bond donors (Lipinski definition) is 1. The molecule has 1 N–H and O–H groups in total. The van der Waals surface area contributed by atoms with Crippen LogP contribution < -0.4 is 5.32 Å². The van der Waals surface area contributed by atoms with Crippen LogP contribution in [0, 0.1) is 11.8 Å². The smallest absolute Gasteiger partial charge is 0.194 e. The Morgan fingerprint density at radius 3 is 2.52 bits per heavy atom. The zero-order valence-electron chi connectivity index (χ0n) is 19.2. The molecule has 29 heavy (non-hydrogen) atoms. The molecule has 2 fully saturated rings. The monoisotopic (exact) mass is 516 g/mol. The third-order valence-corrected chi connectivity index (χ3v) is 6.36. The molecule has 3 unspecified atom stereocenters. The van der Waals surface area contributed by atoms with Crippen molar-refractivity contribution in [3.63, 3.8) is 0 Å². The lowest BCUT2D eigenvalue weighted by atomic mass is 9.88. The Morgan fingerprint density at radius 1 is 1.24 bits per heavy atom. The fraction of sp³-hybridized carbons (Fsp3) is 0.818. The molecule has 0 spiro atoms. The lowest BCUT2D eigenvalue weighted by Crippen LogP contribution is -2.53. The van der Waals surface area contributed by atoms with Gasteiger partial charge in [0.2, 0.25) is 0 Å². The maximum atomic E-state index is 5.09. The van der Waals surface area contributed by atoms with Crippen LogP contribution >= 0.6 is 24.0 Å². The minimum absolute atomic E-state index is 0. The van der Waals surface area contributed by atoms with E-state index < -0.39 is 0 Å². The molecular formula is C22H41IN6. The van der Waals surface area contributed by atoms with Crippen molar-refractivity contribution in [2.75, 3.05) is 39.3 Å². The van der Waals surface area contributed by atoms with Gasteiger partial charge in [-0.15, -0.1) is 24.0 Å². The van der Waals surface area contributed by atoms with Gasteiger partial charge in [-0.25, -0.2) is 0 Å². The summed E-state index contributed by atoms with van der Waals surface area (Å²) in [5.41, 5.74) is 1.43. The SMILES string of the molecule is CCNC(=NCC(C)(C)N1CC(C)CC(C)C1)N1CCC(c2cnn(C)c2)C1.I. The van der Waals surface area contributed by atoms with Gasteiger partial charge in [-0.3, -0.25) is 14.6 Å². The summed E-state index contributed by atoms with van der Waals surface area (Å²) in [4.78, 5) is 10.2. The third-order valence-electron chi connectivity index (χ3n) is 6.36. The van der Waals surface area contributed by atoms with Crippen LogP contribution in [0.1, 0.15) is 58.9 Å². The average molecular weight is 517 g/mol. The van der Waals surface area contributed by atoms with Crippen molar-refractivity contribution in [3.8, 4) is 0 Å². The Kier molecular flexibility index (Phi) is 8.82. The zero-order chi connectivity index (χ0) is 20.3. The normalized spacial score (nSPS) is 26.5. The van der Waals surface area contributed by atoms with Crippen molar-refractivity contribution in [2.45, 2.75) is 58.9 Å². The lowest BCUT2D eigenvalue weighted by Gasteiger charge is -2.44. The molecule has 166 valence electrons. The Balaban J connectivity index is 0.00000300. The molecule has 3 atom stereocenters. The van der Waals surface area contributed by atoms with Gasteiger partial charge in [0.05, 0.1) is 12.7 Å². The number of piperidine rings is 1. The number of rotatable bonds is 5. The summed E-state index contributed by atoms with van der Waals surface area (Å²) in [6, 6.07) is 0. The van der Waals surface area contributed by atoms with Crippen LogP contribution in [0.4, 0.5) is 0 Å². The van der Waals surface area contributed by atoms with Gasteiger partial charge in [0.15, 0.2) is 5.96 Å². The Labute approximate surface area is 194 Å². The summed E-state index contributed by atoms with van der Waals surface area (Å²) < 4.78 is 1.90. The summed E-state index contributed by atoms with van der Waals surface area (Å²) >= 11 is 0. The second-order valence-electron chi connectivity index (χ2n) is 9.71. The van der Waals surface area contributed by atoms with Gasteiger partial charge >= 0.3 is 0 Å². The molecule has 0 aliphatic carbocycles. The highest BCUT2D eigenvalue weighted by Gasteiger charge is 2.33. The van der Waals surface area contributed by atoms with Gasteiger partial charge in [0, 0.05) is 57.4 Å². The van der Waals surface area contributed by atoms with Gasteiger partial charge < -0.3 is 10.2 Å². The molecule has 7 heteroatoms. The topological polar surface area (TPSA) is 48.7 Å². The van der Waals surface area contributed by atoms with Crippen molar-refractivity contribution in [2.24, 2.45) is 23.9 Å². The number of nitrogens with one attached hydrogen (secondary N) is 1. The van der Waals surface area contributed by atoms with E-state index in [4.69, 9.17) is 4.99 Å². The number of guanidine groups is 1. The van der Waals surface area contributed by atoms with Crippen LogP contribution in [0.15, 0.2) is 17.4 Å². The third kappa shape index (κ3) is 6.32. The molecule has 0 bridgehead atoms. The van der Waals surface area contributed by atoms with Crippen molar-refractivity contribution >= 4 is 29.9 Å². The molecule has 0 radical (unpaired) electrons. The van der Waals surface area contributed by atoms with Crippen LogP contribution in [0.3, 0.4) is 0 Å². The summed E-state index contributed by atoms with van der Waals surface area (Å²) in [5.74, 6) is 3.17. The first-order chi connectivity index (χ1) is 13.3. The largest absolute Gasteiger partial charge is 0.357 e. The number of aryl methyl sites for hydroxylation is 1. The van der Waals surface area contributed by atoms with E-state index in [9.17, 15) is 0 Å². The molecule has 2 saturated heterocycles. The number of aliphatic imine (C=N–C) groups is 1. The quantitative estimate of drug-likeness (QED) is 0.370. The Bertz CT molecular complexity index is 660.